The van der Waals surface area contributed by atoms with E-state index in [1.165, 1.54) is 20.0 Å². The molecule has 1 N–H and O–H groups in total. The summed E-state index contributed by atoms with van der Waals surface area (Å²) >= 11 is 5.69. The fourth-order valence-corrected chi connectivity index (χ4v) is 2.26. The van der Waals surface area contributed by atoms with E-state index in [1.807, 2.05) is 0 Å². The van der Waals surface area contributed by atoms with Crippen molar-refractivity contribution in [3.63, 3.8) is 0 Å². The van der Waals surface area contributed by atoms with Crippen LogP contribution in [0.1, 0.15) is 30.0 Å². The van der Waals surface area contributed by atoms with Gasteiger partial charge >= 0.3 is 6.18 Å². The third-order valence-electron chi connectivity index (χ3n) is 3.58. The molecule has 6 nitrogen and oxygen atoms in total. The van der Waals surface area contributed by atoms with Crippen molar-refractivity contribution in [1.82, 2.24) is 19.6 Å². The van der Waals surface area contributed by atoms with E-state index in [0.717, 1.165) is 10.4 Å². The molecule has 126 valence electrons. The van der Waals surface area contributed by atoms with E-state index in [9.17, 15) is 18.0 Å². The Morgan fingerprint density at radius 3 is 2.39 bits per heavy atom. The lowest BCUT2D eigenvalue weighted by molar-refractivity contribution is -0.141. The van der Waals surface area contributed by atoms with Crippen molar-refractivity contribution in [3.05, 3.63) is 28.3 Å². The molecule has 23 heavy (non-hydrogen) atoms. The van der Waals surface area contributed by atoms with Gasteiger partial charge in [-0.05, 0) is 20.8 Å². The fraction of sp³-hybridized carbons (Fsp3) is 0.462. The van der Waals surface area contributed by atoms with Gasteiger partial charge in [0.05, 0.1) is 28.3 Å². The van der Waals surface area contributed by atoms with Gasteiger partial charge in [0.25, 0.3) is 0 Å². The lowest BCUT2D eigenvalue weighted by atomic mass is 10.3. The number of nitrogens with zero attached hydrogens (tertiary/aromatic N) is 4. The molecule has 0 aliphatic rings. The van der Waals surface area contributed by atoms with Gasteiger partial charge in [0.2, 0.25) is 5.91 Å². The summed E-state index contributed by atoms with van der Waals surface area (Å²) in [5, 5.41) is 9.54. The summed E-state index contributed by atoms with van der Waals surface area (Å²) in [6, 6.07) is -0.969. The zero-order valence-corrected chi connectivity index (χ0v) is 13.6. The Balaban J connectivity index is 2.28. The largest absolute Gasteiger partial charge is 0.436 e. The first kappa shape index (κ1) is 17.3. The third-order valence-corrected chi connectivity index (χ3v) is 4.04. The molecule has 0 aromatic carbocycles. The summed E-state index contributed by atoms with van der Waals surface area (Å²) < 4.78 is 41.0. The van der Waals surface area contributed by atoms with Crippen LogP contribution < -0.4 is 5.32 Å². The minimum Gasteiger partial charge on any atom is -0.321 e. The highest BCUT2D eigenvalue weighted by Gasteiger charge is 2.39. The number of aromatic nitrogens is 4. The Morgan fingerprint density at radius 1 is 1.35 bits per heavy atom. The highest BCUT2D eigenvalue weighted by molar-refractivity contribution is 6.32. The van der Waals surface area contributed by atoms with Crippen LogP contribution in [0.2, 0.25) is 5.02 Å². The number of anilines is 1. The lowest BCUT2D eigenvalue weighted by Gasteiger charge is -2.14. The fourth-order valence-electron chi connectivity index (χ4n) is 2.03. The molecule has 0 saturated carbocycles. The standard InChI is InChI=1S/C13H15ClF3N5O/c1-6-9(5-18-21(6)4)19-12(23)8(3)22-7(2)10(14)11(20-22)13(15,16)17/h5,8H,1-4H3,(H,19,23). The maximum atomic E-state index is 12.8. The highest BCUT2D eigenvalue weighted by atomic mass is 35.5. The Labute approximate surface area is 135 Å². The molecule has 2 rings (SSSR count). The molecular formula is C13H15ClF3N5O. The van der Waals surface area contributed by atoms with Gasteiger partial charge in [-0.25, -0.2) is 0 Å². The number of nitrogens with one attached hydrogen (secondary N) is 1. The SMILES string of the molecule is Cc1c(NC(=O)C(C)n2nc(C(F)(F)F)c(Cl)c2C)cnn1C. The molecule has 0 aliphatic heterocycles. The van der Waals surface area contributed by atoms with Gasteiger partial charge in [-0.3, -0.25) is 14.2 Å². The highest BCUT2D eigenvalue weighted by Crippen LogP contribution is 2.36. The van der Waals surface area contributed by atoms with E-state index in [4.69, 9.17) is 11.6 Å². The molecule has 0 saturated heterocycles. The first-order chi connectivity index (χ1) is 10.5. The van der Waals surface area contributed by atoms with Crippen LogP contribution in [0.4, 0.5) is 18.9 Å². The number of alkyl halides is 3. The molecule has 0 fully saturated rings. The van der Waals surface area contributed by atoms with Crippen LogP contribution in [0.3, 0.4) is 0 Å². The Bertz CT molecular complexity index is 750. The Kier molecular flexibility index (Phi) is 4.43. The minimum absolute atomic E-state index is 0.0737. The van der Waals surface area contributed by atoms with Gasteiger partial charge in [-0.15, -0.1) is 0 Å². The van der Waals surface area contributed by atoms with E-state index in [2.05, 4.69) is 15.5 Å². The number of hydrogen-bond acceptors (Lipinski definition) is 3. The smallest absolute Gasteiger partial charge is 0.321 e. The van der Waals surface area contributed by atoms with Crippen molar-refractivity contribution in [3.8, 4) is 0 Å². The van der Waals surface area contributed by atoms with Gasteiger partial charge in [0.1, 0.15) is 6.04 Å². The molecule has 2 heterocycles. The van der Waals surface area contributed by atoms with E-state index in [1.54, 1.807) is 18.7 Å². The van der Waals surface area contributed by atoms with Crippen molar-refractivity contribution in [1.29, 1.82) is 0 Å². The first-order valence-corrected chi connectivity index (χ1v) is 7.03. The number of rotatable bonds is 3. The van der Waals surface area contributed by atoms with Crippen LogP contribution in [-0.4, -0.2) is 25.5 Å². The maximum Gasteiger partial charge on any atom is 0.436 e. The number of aryl methyl sites for hydroxylation is 1. The number of carbonyl (C=O) groups is 1. The van der Waals surface area contributed by atoms with Crippen molar-refractivity contribution in [2.75, 3.05) is 5.32 Å². The molecule has 2 aromatic heterocycles. The minimum atomic E-state index is -4.68. The monoisotopic (exact) mass is 349 g/mol. The second-order valence-electron chi connectivity index (χ2n) is 5.12. The Hall–Kier alpha value is -2.03. The predicted molar refractivity (Wildman–Crippen MR) is 78.3 cm³/mol. The molecule has 0 bridgehead atoms. The van der Waals surface area contributed by atoms with Gasteiger partial charge in [0.15, 0.2) is 5.69 Å². The van der Waals surface area contributed by atoms with Crippen molar-refractivity contribution in [2.24, 2.45) is 7.05 Å². The first-order valence-electron chi connectivity index (χ1n) is 6.65. The summed E-state index contributed by atoms with van der Waals surface area (Å²) in [5.74, 6) is -0.517. The lowest BCUT2D eigenvalue weighted by Crippen LogP contribution is -2.25. The van der Waals surface area contributed by atoms with Gasteiger partial charge in [-0.1, -0.05) is 11.6 Å². The van der Waals surface area contributed by atoms with Crippen molar-refractivity contribution in [2.45, 2.75) is 33.0 Å². The van der Waals surface area contributed by atoms with Gasteiger partial charge in [-0.2, -0.15) is 23.4 Å². The summed E-state index contributed by atoms with van der Waals surface area (Å²) in [4.78, 5) is 12.3. The number of hydrogen-bond donors (Lipinski definition) is 1. The van der Waals surface area contributed by atoms with E-state index in [-0.39, 0.29) is 5.69 Å². The molecule has 1 unspecified atom stereocenters. The quantitative estimate of drug-likeness (QED) is 0.926. The summed E-state index contributed by atoms with van der Waals surface area (Å²) in [6.45, 7) is 4.58. The molecule has 0 aliphatic carbocycles. The van der Waals surface area contributed by atoms with E-state index < -0.39 is 28.8 Å². The van der Waals surface area contributed by atoms with E-state index in [0.29, 0.717) is 5.69 Å². The zero-order chi connectivity index (χ0) is 17.5. The summed E-state index contributed by atoms with van der Waals surface area (Å²) in [5.41, 5.74) is 0.0754. The maximum absolute atomic E-state index is 12.8. The number of halogens is 4. The van der Waals surface area contributed by atoms with Gasteiger partial charge < -0.3 is 5.32 Å². The topological polar surface area (TPSA) is 64.7 Å². The van der Waals surface area contributed by atoms with Crippen LogP contribution >= 0.6 is 11.6 Å². The average Bonchev–Trinajstić information content (AvgIpc) is 2.93. The van der Waals surface area contributed by atoms with Crippen LogP contribution in [0.5, 0.6) is 0 Å². The van der Waals surface area contributed by atoms with Gasteiger partial charge in [0, 0.05) is 7.05 Å². The van der Waals surface area contributed by atoms with Crippen LogP contribution in [0.15, 0.2) is 6.20 Å². The molecule has 0 spiro atoms. The van der Waals surface area contributed by atoms with E-state index >= 15 is 0 Å². The molecule has 1 amide bonds. The summed E-state index contributed by atoms with van der Waals surface area (Å²) in [7, 11) is 1.71. The Morgan fingerprint density at radius 2 is 1.96 bits per heavy atom. The van der Waals surface area contributed by atoms with Crippen molar-refractivity contribution < 1.29 is 18.0 Å². The number of carbonyl (C=O) groups excluding carboxylic acids is 1. The van der Waals surface area contributed by atoms with Crippen molar-refractivity contribution >= 4 is 23.2 Å². The molecule has 2 aromatic rings. The zero-order valence-electron chi connectivity index (χ0n) is 12.9. The van der Waals surface area contributed by atoms with Crippen LogP contribution in [0.25, 0.3) is 0 Å². The predicted octanol–water partition coefficient (Wildman–Crippen LogP) is 3.11. The number of amides is 1. The molecule has 0 radical (unpaired) electrons. The second kappa shape index (κ2) is 5.88. The summed E-state index contributed by atoms with van der Waals surface area (Å²) in [6.07, 6.45) is -3.22. The molecule has 10 heteroatoms. The average molecular weight is 350 g/mol. The van der Waals surface area contributed by atoms with Crippen LogP contribution in [-0.2, 0) is 18.0 Å². The normalized spacial score (nSPS) is 13.2. The third kappa shape index (κ3) is 3.19. The molecule has 1 atom stereocenters. The van der Waals surface area contributed by atoms with Crippen LogP contribution in [0, 0.1) is 13.8 Å². The molecular weight excluding hydrogens is 335 g/mol. The second-order valence-corrected chi connectivity index (χ2v) is 5.50.